The highest BCUT2D eigenvalue weighted by Crippen LogP contribution is 2.31. The first kappa shape index (κ1) is 15.8. The lowest BCUT2D eigenvalue weighted by Crippen LogP contribution is -2.51. The van der Waals surface area contributed by atoms with E-state index in [0.29, 0.717) is 10.6 Å². The molecule has 5 heteroatoms. The van der Waals surface area contributed by atoms with Gasteiger partial charge >= 0.3 is 5.97 Å². The van der Waals surface area contributed by atoms with Crippen LogP contribution in [0, 0.1) is 6.92 Å². The molecule has 0 atom stereocenters. The second-order valence-corrected chi connectivity index (χ2v) is 6.26. The lowest BCUT2D eigenvalue weighted by atomic mass is 9.79. The molecular formula is C16H20ClNO3. The second-order valence-electron chi connectivity index (χ2n) is 5.82. The van der Waals surface area contributed by atoms with E-state index in [1.165, 1.54) is 0 Å². The summed E-state index contributed by atoms with van der Waals surface area (Å²) in [5.41, 5.74) is 0.726. The van der Waals surface area contributed by atoms with Gasteiger partial charge in [0, 0.05) is 10.6 Å². The van der Waals surface area contributed by atoms with E-state index in [9.17, 15) is 9.59 Å². The molecule has 4 nitrogen and oxygen atoms in total. The van der Waals surface area contributed by atoms with Gasteiger partial charge in [0.1, 0.15) is 0 Å². The van der Waals surface area contributed by atoms with Gasteiger partial charge in [0.25, 0.3) is 5.91 Å². The number of benzene rings is 1. The first-order valence-electron chi connectivity index (χ1n) is 7.22. The Labute approximate surface area is 129 Å². The Balaban J connectivity index is 2.19. The van der Waals surface area contributed by atoms with Gasteiger partial charge in [0.15, 0.2) is 0 Å². The topological polar surface area (TPSA) is 66.4 Å². The molecule has 2 rings (SSSR count). The summed E-state index contributed by atoms with van der Waals surface area (Å²) in [6.07, 6.45) is 4.41. The van der Waals surface area contributed by atoms with Crippen molar-refractivity contribution in [3.63, 3.8) is 0 Å². The fraction of sp³-hybridized carbons (Fsp3) is 0.500. The average molecular weight is 310 g/mol. The van der Waals surface area contributed by atoms with Crippen molar-refractivity contribution in [2.75, 3.05) is 0 Å². The number of aliphatic carboxylic acids is 1. The van der Waals surface area contributed by atoms with Gasteiger partial charge in [-0.25, -0.2) is 0 Å². The zero-order valence-corrected chi connectivity index (χ0v) is 12.9. The lowest BCUT2D eigenvalue weighted by Gasteiger charge is -2.37. The predicted octanol–water partition coefficient (Wildman–Crippen LogP) is 3.56. The molecule has 0 aromatic heterocycles. The van der Waals surface area contributed by atoms with Crippen LogP contribution in [0.3, 0.4) is 0 Å². The first-order valence-corrected chi connectivity index (χ1v) is 7.60. The minimum atomic E-state index is -0.870. The Bertz CT molecular complexity index is 550. The van der Waals surface area contributed by atoms with E-state index in [4.69, 9.17) is 16.7 Å². The molecule has 2 N–H and O–H groups in total. The summed E-state index contributed by atoms with van der Waals surface area (Å²) in [5, 5.41) is 12.7. The molecular weight excluding hydrogens is 290 g/mol. The molecule has 0 spiro atoms. The molecule has 0 saturated heterocycles. The van der Waals surface area contributed by atoms with E-state index >= 15 is 0 Å². The standard InChI is InChI=1S/C16H20ClNO3/c1-11-9-12(17)5-6-13(11)15(21)18-16(10-14(19)20)7-3-2-4-8-16/h5-6,9H,2-4,7-8,10H2,1H3,(H,18,21)(H,19,20). The molecule has 1 aliphatic carbocycles. The summed E-state index contributed by atoms with van der Waals surface area (Å²) in [6.45, 7) is 1.82. The van der Waals surface area contributed by atoms with E-state index in [-0.39, 0.29) is 12.3 Å². The van der Waals surface area contributed by atoms with Crippen LogP contribution in [0.1, 0.15) is 54.4 Å². The number of aryl methyl sites for hydroxylation is 1. The molecule has 0 aliphatic heterocycles. The van der Waals surface area contributed by atoms with Crippen LogP contribution in [-0.2, 0) is 4.79 Å². The zero-order valence-electron chi connectivity index (χ0n) is 12.1. The van der Waals surface area contributed by atoms with Crippen LogP contribution < -0.4 is 5.32 Å². The number of nitrogens with one attached hydrogen (secondary N) is 1. The van der Waals surface area contributed by atoms with E-state index in [1.807, 2.05) is 6.92 Å². The Hall–Kier alpha value is -1.55. The van der Waals surface area contributed by atoms with E-state index < -0.39 is 11.5 Å². The molecule has 1 aromatic carbocycles. The number of amides is 1. The molecule has 1 amide bonds. The van der Waals surface area contributed by atoms with Crippen LogP contribution in [0.5, 0.6) is 0 Å². The van der Waals surface area contributed by atoms with Gasteiger partial charge in [0.05, 0.1) is 12.0 Å². The van der Waals surface area contributed by atoms with E-state index in [2.05, 4.69) is 5.32 Å². The van der Waals surface area contributed by atoms with Gasteiger partial charge in [-0.2, -0.15) is 0 Å². The maximum absolute atomic E-state index is 12.5. The van der Waals surface area contributed by atoms with Crippen LogP contribution in [0.2, 0.25) is 5.02 Å². The number of carboxylic acid groups (broad SMARTS) is 1. The highest BCUT2D eigenvalue weighted by Gasteiger charge is 2.36. The third kappa shape index (κ3) is 3.97. The normalized spacial score (nSPS) is 17.2. The first-order chi connectivity index (χ1) is 9.92. The quantitative estimate of drug-likeness (QED) is 0.893. The largest absolute Gasteiger partial charge is 0.481 e. The molecule has 0 heterocycles. The highest BCUT2D eigenvalue weighted by atomic mass is 35.5. The number of carboxylic acids is 1. The average Bonchev–Trinajstić information content (AvgIpc) is 2.38. The number of hydrogen-bond donors (Lipinski definition) is 2. The van der Waals surface area contributed by atoms with Gasteiger partial charge in [0.2, 0.25) is 0 Å². The lowest BCUT2D eigenvalue weighted by molar-refractivity contribution is -0.139. The van der Waals surface area contributed by atoms with Crippen molar-refractivity contribution in [3.8, 4) is 0 Å². The summed E-state index contributed by atoms with van der Waals surface area (Å²) < 4.78 is 0. The molecule has 1 aliphatic rings. The molecule has 1 fully saturated rings. The Morgan fingerprint density at radius 2 is 1.95 bits per heavy atom. The maximum atomic E-state index is 12.5. The molecule has 0 unspecified atom stereocenters. The number of carbonyl (C=O) groups is 2. The SMILES string of the molecule is Cc1cc(Cl)ccc1C(=O)NC1(CC(=O)O)CCCCC1. The molecule has 114 valence electrons. The molecule has 21 heavy (non-hydrogen) atoms. The third-order valence-electron chi connectivity index (χ3n) is 4.11. The van der Waals surface area contributed by atoms with Crippen LogP contribution in [0.15, 0.2) is 18.2 Å². The highest BCUT2D eigenvalue weighted by molar-refractivity contribution is 6.30. The van der Waals surface area contributed by atoms with Crippen molar-refractivity contribution in [1.29, 1.82) is 0 Å². The fourth-order valence-corrected chi connectivity index (χ4v) is 3.28. The monoisotopic (exact) mass is 309 g/mol. The van der Waals surface area contributed by atoms with Crippen molar-refractivity contribution in [2.45, 2.75) is 51.0 Å². The van der Waals surface area contributed by atoms with Crippen LogP contribution in [0.4, 0.5) is 0 Å². The summed E-state index contributed by atoms with van der Waals surface area (Å²) in [7, 11) is 0. The van der Waals surface area contributed by atoms with Gasteiger partial charge in [-0.3, -0.25) is 9.59 Å². The number of rotatable bonds is 4. The van der Waals surface area contributed by atoms with Crippen molar-refractivity contribution >= 4 is 23.5 Å². The van der Waals surface area contributed by atoms with Crippen LogP contribution in [0.25, 0.3) is 0 Å². The maximum Gasteiger partial charge on any atom is 0.305 e. The number of hydrogen-bond acceptors (Lipinski definition) is 2. The zero-order chi connectivity index (χ0) is 15.5. The molecule has 1 aromatic rings. The van der Waals surface area contributed by atoms with Gasteiger partial charge in [-0.15, -0.1) is 0 Å². The summed E-state index contributed by atoms with van der Waals surface area (Å²) in [6, 6.07) is 5.10. The van der Waals surface area contributed by atoms with Crippen molar-refractivity contribution in [1.82, 2.24) is 5.32 Å². The summed E-state index contributed by atoms with van der Waals surface area (Å²) >= 11 is 5.90. The van der Waals surface area contributed by atoms with E-state index in [1.54, 1.807) is 18.2 Å². The van der Waals surface area contributed by atoms with Crippen molar-refractivity contribution in [3.05, 3.63) is 34.3 Å². The third-order valence-corrected chi connectivity index (χ3v) is 4.35. The Morgan fingerprint density at radius 3 is 2.52 bits per heavy atom. The predicted molar refractivity (Wildman–Crippen MR) is 81.7 cm³/mol. The van der Waals surface area contributed by atoms with Gasteiger partial charge in [-0.05, 0) is 43.5 Å². The van der Waals surface area contributed by atoms with Crippen molar-refractivity contribution < 1.29 is 14.7 Å². The minimum Gasteiger partial charge on any atom is -0.481 e. The Morgan fingerprint density at radius 1 is 1.29 bits per heavy atom. The van der Waals surface area contributed by atoms with Gasteiger partial charge in [-0.1, -0.05) is 30.9 Å². The fourth-order valence-electron chi connectivity index (χ4n) is 3.05. The smallest absolute Gasteiger partial charge is 0.305 e. The minimum absolute atomic E-state index is 0.0224. The summed E-state index contributed by atoms with van der Waals surface area (Å²) in [4.78, 5) is 23.6. The van der Waals surface area contributed by atoms with Crippen molar-refractivity contribution in [2.24, 2.45) is 0 Å². The Kier molecular flexibility index (Phi) is 4.88. The molecule has 0 radical (unpaired) electrons. The second kappa shape index (κ2) is 6.48. The van der Waals surface area contributed by atoms with E-state index in [0.717, 1.165) is 37.7 Å². The number of carbonyl (C=O) groups excluding carboxylic acids is 1. The summed E-state index contributed by atoms with van der Waals surface area (Å²) in [5.74, 6) is -1.09. The number of halogens is 1. The van der Waals surface area contributed by atoms with Crippen LogP contribution >= 0.6 is 11.6 Å². The van der Waals surface area contributed by atoms with Crippen LogP contribution in [-0.4, -0.2) is 22.5 Å². The van der Waals surface area contributed by atoms with Gasteiger partial charge < -0.3 is 10.4 Å². The molecule has 0 bridgehead atoms. The molecule has 1 saturated carbocycles.